The van der Waals surface area contributed by atoms with Gasteiger partial charge in [0.1, 0.15) is 67.1 Å². The predicted octanol–water partition coefficient (Wildman–Crippen LogP) is 14.6. The van der Waals surface area contributed by atoms with Gasteiger partial charge in [-0.05, 0) is 44.9 Å². The van der Waals surface area contributed by atoms with Gasteiger partial charge in [0.05, 0.1) is 50.7 Å². The minimum absolute atomic E-state index is 0.226. The van der Waals surface area contributed by atoms with Crippen LogP contribution in [0.1, 0.15) is 387 Å². The van der Waals surface area contributed by atoms with Crippen molar-refractivity contribution >= 4 is 17.8 Å². The molecule has 3 fully saturated rings. The third-order valence-electron chi connectivity index (χ3n) is 23.2. The van der Waals surface area contributed by atoms with Crippen LogP contribution in [0.3, 0.4) is 0 Å². The maximum Gasteiger partial charge on any atom is 0.364 e. The SMILES string of the molecule is CCCCCCCCCCC/C=C\C/C=C\CCCCCCCCCCCCCCCCCCCC(=O)NC(COC1OC(CO)C(OC2OC(CO)C(O)C(OC3(C(=O)O)CC(O)C(NC(C)=O)C(C(O)C(O)CO)O3)C2O)C(O)C1O)C(O)CCCCCCCCCCCCCCCCCCCCCCCCCCC. The van der Waals surface area contributed by atoms with Crippen molar-refractivity contribution < 1.29 is 104 Å². The molecule has 3 aliphatic heterocycles. The molecule has 3 heterocycles. The lowest BCUT2D eigenvalue weighted by atomic mass is 9.88. The van der Waals surface area contributed by atoms with E-state index in [1.54, 1.807) is 0 Å². The van der Waals surface area contributed by atoms with Crippen LogP contribution in [0.25, 0.3) is 0 Å². The molecule has 18 unspecified atom stereocenters. The number of carboxylic acids is 1. The Kier molecular flexibility index (Phi) is 61.9. The number of carboxylic acid groups (broad SMARTS) is 1. The summed E-state index contributed by atoms with van der Waals surface area (Å²) in [7, 11) is 0. The number of ether oxygens (including phenoxy) is 6. The standard InChI is InChI=1S/C89H166N2O21/c1-4-6-8-10-12-14-16-18-20-22-24-26-28-30-31-32-33-34-35-36-37-39-41-43-45-47-49-51-53-55-57-59-61-63-76(99)91-70(71(96)62-60-58-56-54-52-50-48-46-44-42-40-38-29-27-25-23-21-19-17-15-13-11-9-7-5-2)68-107-86-81(103)80(102)83(75(67-94)109-86)110-87-82(104)85(79(101)74(66-93)108-87)112-89(88(105)106)64-72(97)77(90-69(3)95)84(111-89)78(100)73(98)65-92/h24,26,30-31,70-75,77-87,92-94,96-98,100-104H,4-23,25,27-29,32-68H2,1-3H3,(H,90,95)(H,91,99)(H,105,106)/b26-24-,31-30-. The smallest absolute Gasteiger partial charge is 0.364 e. The number of rotatable bonds is 74. The molecule has 23 nitrogen and oxygen atoms in total. The molecule has 23 heteroatoms. The van der Waals surface area contributed by atoms with Crippen LogP contribution in [-0.2, 0) is 42.8 Å². The largest absolute Gasteiger partial charge is 0.477 e. The molecule has 3 saturated heterocycles. The van der Waals surface area contributed by atoms with Gasteiger partial charge in [-0.25, -0.2) is 4.79 Å². The number of nitrogens with one attached hydrogen (secondary N) is 2. The van der Waals surface area contributed by atoms with E-state index >= 15 is 0 Å². The highest BCUT2D eigenvalue weighted by atomic mass is 16.8. The Labute approximate surface area is 676 Å². The summed E-state index contributed by atoms with van der Waals surface area (Å²) in [5, 5.41) is 137. The van der Waals surface area contributed by atoms with E-state index in [0.29, 0.717) is 19.3 Å². The van der Waals surface area contributed by atoms with Crippen molar-refractivity contribution in [2.24, 2.45) is 0 Å². The average molecular weight is 1600 g/mol. The van der Waals surface area contributed by atoms with E-state index in [-0.39, 0.29) is 18.9 Å². The summed E-state index contributed by atoms with van der Waals surface area (Å²) >= 11 is 0. The first-order valence-electron chi connectivity index (χ1n) is 45.7. The third-order valence-corrected chi connectivity index (χ3v) is 23.2. The Hall–Kier alpha value is -2.79. The van der Waals surface area contributed by atoms with Gasteiger partial charge < -0.3 is 100 Å². The second-order valence-electron chi connectivity index (χ2n) is 33.2. The van der Waals surface area contributed by atoms with Gasteiger partial charge in [-0.1, -0.05) is 346 Å². The Morgan fingerprint density at radius 2 is 0.857 bits per heavy atom. The molecule has 0 bridgehead atoms. The summed E-state index contributed by atoms with van der Waals surface area (Å²) in [6.07, 6.45) is 48.9. The van der Waals surface area contributed by atoms with Gasteiger partial charge in [0.15, 0.2) is 12.6 Å². The quantitative estimate of drug-likeness (QED) is 0.0199. The lowest BCUT2D eigenvalue weighted by molar-refractivity contribution is -0.386. The molecule has 112 heavy (non-hydrogen) atoms. The monoisotopic (exact) mass is 1600 g/mol. The second-order valence-corrected chi connectivity index (χ2v) is 33.2. The zero-order valence-corrected chi connectivity index (χ0v) is 70.3. The summed E-state index contributed by atoms with van der Waals surface area (Å²) in [6.45, 7) is 2.28. The first-order valence-corrected chi connectivity index (χ1v) is 45.7. The van der Waals surface area contributed by atoms with Crippen molar-refractivity contribution in [2.45, 2.75) is 497 Å². The number of unbranched alkanes of at least 4 members (excludes halogenated alkanes) is 50. The molecule has 0 spiro atoms. The fraction of sp³-hybridized carbons (Fsp3) is 0.921. The number of hydrogen-bond donors (Lipinski definition) is 14. The van der Waals surface area contributed by atoms with Gasteiger partial charge >= 0.3 is 5.97 Å². The molecule has 2 amide bonds. The Morgan fingerprint density at radius 3 is 1.25 bits per heavy atom. The van der Waals surface area contributed by atoms with E-state index in [9.17, 15) is 75.7 Å². The molecule has 0 aromatic rings. The minimum atomic E-state index is -3.08. The lowest BCUT2D eigenvalue weighted by Crippen LogP contribution is -2.70. The van der Waals surface area contributed by atoms with Crippen LogP contribution >= 0.6 is 0 Å². The number of aliphatic hydroxyl groups is 11. The van der Waals surface area contributed by atoms with Gasteiger partial charge in [0.2, 0.25) is 11.8 Å². The number of aliphatic hydroxyl groups excluding tert-OH is 11. The van der Waals surface area contributed by atoms with Crippen LogP contribution in [0.4, 0.5) is 0 Å². The molecule has 0 aliphatic carbocycles. The molecule has 0 radical (unpaired) electrons. The molecule has 0 aromatic carbocycles. The average Bonchev–Trinajstić information content (AvgIpc) is 0.755. The molecule has 3 rings (SSSR count). The summed E-state index contributed by atoms with van der Waals surface area (Å²) in [5.41, 5.74) is 0. The van der Waals surface area contributed by atoms with E-state index in [1.165, 1.54) is 276 Å². The van der Waals surface area contributed by atoms with E-state index < -0.39 is 148 Å². The van der Waals surface area contributed by atoms with Crippen LogP contribution in [0, 0.1) is 0 Å². The first kappa shape index (κ1) is 103. The maximum atomic E-state index is 13.6. The van der Waals surface area contributed by atoms with Crippen LogP contribution in [0.15, 0.2) is 24.3 Å². The molecule has 0 saturated carbocycles. The normalized spacial score (nSPS) is 25.4. The molecular weight excluding hydrogens is 1430 g/mol. The topological polar surface area (TPSA) is 373 Å². The first-order chi connectivity index (χ1) is 54.4. The number of allylic oxidation sites excluding steroid dienone is 4. The molecule has 0 aromatic heterocycles. The Morgan fingerprint density at radius 1 is 0.464 bits per heavy atom. The van der Waals surface area contributed by atoms with Gasteiger partial charge in [-0.2, -0.15) is 0 Å². The molecule has 658 valence electrons. The molecular formula is C89H166N2O21. The summed E-state index contributed by atoms with van der Waals surface area (Å²) in [5.74, 6) is -6.09. The van der Waals surface area contributed by atoms with Crippen LogP contribution in [0.2, 0.25) is 0 Å². The Balaban J connectivity index is 1.44. The third kappa shape index (κ3) is 45.4. The fourth-order valence-corrected chi connectivity index (χ4v) is 16.0. The van der Waals surface area contributed by atoms with E-state index in [4.69, 9.17) is 28.4 Å². The van der Waals surface area contributed by atoms with Gasteiger partial charge in [0, 0.05) is 19.8 Å². The maximum absolute atomic E-state index is 13.6. The highest BCUT2D eigenvalue weighted by Gasteiger charge is 2.60. The number of carbonyl (C=O) groups excluding carboxylic acids is 2. The van der Waals surface area contributed by atoms with E-state index in [0.717, 1.165) is 64.7 Å². The van der Waals surface area contributed by atoms with Crippen molar-refractivity contribution in [3.63, 3.8) is 0 Å². The lowest BCUT2D eigenvalue weighted by Gasteiger charge is -2.50. The predicted molar refractivity (Wildman–Crippen MR) is 440 cm³/mol. The highest BCUT2D eigenvalue weighted by Crippen LogP contribution is 2.39. The zero-order valence-electron chi connectivity index (χ0n) is 70.3. The van der Waals surface area contributed by atoms with E-state index in [1.807, 2.05) is 0 Å². The summed E-state index contributed by atoms with van der Waals surface area (Å²) < 4.78 is 35.1. The molecule has 14 N–H and O–H groups in total. The van der Waals surface area contributed by atoms with E-state index in [2.05, 4.69) is 48.8 Å². The minimum Gasteiger partial charge on any atom is -0.477 e. The van der Waals surface area contributed by atoms with Gasteiger partial charge in [0.25, 0.3) is 5.79 Å². The summed E-state index contributed by atoms with van der Waals surface area (Å²) in [4.78, 5) is 38.8. The van der Waals surface area contributed by atoms with Gasteiger partial charge in [-0.15, -0.1) is 0 Å². The van der Waals surface area contributed by atoms with Crippen molar-refractivity contribution in [1.82, 2.24) is 10.6 Å². The van der Waals surface area contributed by atoms with Crippen LogP contribution < -0.4 is 10.6 Å². The van der Waals surface area contributed by atoms with Crippen molar-refractivity contribution in [3.05, 3.63) is 24.3 Å². The highest BCUT2D eigenvalue weighted by molar-refractivity contribution is 5.77. The van der Waals surface area contributed by atoms with Crippen molar-refractivity contribution in [1.29, 1.82) is 0 Å². The number of hydrogen-bond acceptors (Lipinski definition) is 20. The number of amides is 2. The molecule has 18 atom stereocenters. The number of carbonyl (C=O) groups is 3. The Bertz CT molecular complexity index is 2310. The second kappa shape index (κ2) is 67.0. The number of aliphatic carboxylic acids is 1. The fourth-order valence-electron chi connectivity index (χ4n) is 16.0. The summed E-state index contributed by atoms with van der Waals surface area (Å²) in [6, 6.07) is -2.53. The van der Waals surface area contributed by atoms with Crippen molar-refractivity contribution in [2.75, 3.05) is 26.4 Å². The molecule has 3 aliphatic rings. The van der Waals surface area contributed by atoms with Crippen LogP contribution in [0.5, 0.6) is 0 Å². The van der Waals surface area contributed by atoms with Crippen molar-refractivity contribution in [3.8, 4) is 0 Å². The zero-order chi connectivity index (χ0) is 81.7. The van der Waals surface area contributed by atoms with Crippen LogP contribution in [-0.4, -0.2) is 215 Å². The van der Waals surface area contributed by atoms with Gasteiger partial charge in [-0.3, -0.25) is 9.59 Å².